The fourth-order valence-electron chi connectivity index (χ4n) is 1.20. The van der Waals surface area contributed by atoms with E-state index in [4.69, 9.17) is 4.74 Å². The standard InChI is InChI=1S/C8H8BrNOS/c1-11-7-6(9)4-5-2-3-12-8(5)10-7/h4H,2-3H2,1H3. The quantitative estimate of drug-likeness (QED) is 0.760. The van der Waals surface area contributed by atoms with Gasteiger partial charge in [0.05, 0.1) is 11.6 Å². The fourth-order valence-corrected chi connectivity index (χ4v) is 2.73. The number of rotatable bonds is 1. The van der Waals surface area contributed by atoms with Gasteiger partial charge in [0.1, 0.15) is 5.03 Å². The summed E-state index contributed by atoms with van der Waals surface area (Å²) in [5, 5.41) is 1.12. The molecule has 0 spiro atoms. The number of fused-ring (bicyclic) bond motifs is 1. The molecule has 1 aliphatic heterocycles. The molecule has 0 fully saturated rings. The molecule has 2 nitrogen and oxygen atoms in total. The van der Waals surface area contributed by atoms with Crippen molar-refractivity contribution in [1.82, 2.24) is 4.98 Å². The first kappa shape index (κ1) is 8.38. The number of pyridine rings is 1. The molecule has 12 heavy (non-hydrogen) atoms. The van der Waals surface area contributed by atoms with Crippen molar-refractivity contribution < 1.29 is 4.74 Å². The molecule has 1 aromatic heterocycles. The minimum atomic E-state index is 0.683. The molecule has 0 bridgehead atoms. The lowest BCUT2D eigenvalue weighted by molar-refractivity contribution is 0.391. The molecule has 1 aromatic rings. The van der Waals surface area contributed by atoms with Crippen molar-refractivity contribution in [1.29, 1.82) is 0 Å². The van der Waals surface area contributed by atoms with E-state index in [0.717, 1.165) is 21.7 Å². The van der Waals surface area contributed by atoms with E-state index in [2.05, 4.69) is 27.0 Å². The van der Waals surface area contributed by atoms with Crippen molar-refractivity contribution in [2.75, 3.05) is 12.9 Å². The molecule has 2 heterocycles. The second kappa shape index (κ2) is 3.26. The molecule has 0 aliphatic carbocycles. The Hall–Kier alpha value is -0.220. The summed E-state index contributed by atoms with van der Waals surface area (Å²) in [4.78, 5) is 4.37. The second-order valence-electron chi connectivity index (χ2n) is 2.54. The average molecular weight is 246 g/mol. The van der Waals surface area contributed by atoms with Crippen LogP contribution in [0.5, 0.6) is 5.88 Å². The second-order valence-corrected chi connectivity index (χ2v) is 4.48. The monoisotopic (exact) mass is 245 g/mol. The first-order chi connectivity index (χ1) is 5.81. The van der Waals surface area contributed by atoms with E-state index in [-0.39, 0.29) is 0 Å². The van der Waals surface area contributed by atoms with Crippen LogP contribution in [0.3, 0.4) is 0 Å². The molecule has 0 amide bonds. The predicted octanol–water partition coefficient (Wildman–Crippen LogP) is 2.50. The summed E-state index contributed by atoms with van der Waals surface area (Å²) in [6.07, 6.45) is 1.12. The number of hydrogen-bond acceptors (Lipinski definition) is 3. The van der Waals surface area contributed by atoms with Crippen LogP contribution < -0.4 is 4.74 Å². The highest BCUT2D eigenvalue weighted by Crippen LogP contribution is 2.35. The Bertz CT molecular complexity index is 315. The minimum absolute atomic E-state index is 0.683. The molecule has 0 saturated carbocycles. The molecule has 0 radical (unpaired) electrons. The van der Waals surface area contributed by atoms with Crippen LogP contribution in [0.4, 0.5) is 0 Å². The lowest BCUT2D eigenvalue weighted by atomic mass is 10.2. The molecule has 4 heteroatoms. The van der Waals surface area contributed by atoms with E-state index >= 15 is 0 Å². The molecule has 0 saturated heterocycles. The Morgan fingerprint density at radius 2 is 2.50 bits per heavy atom. The lowest BCUT2D eigenvalue weighted by Crippen LogP contribution is -1.91. The zero-order valence-electron chi connectivity index (χ0n) is 6.63. The van der Waals surface area contributed by atoms with Gasteiger partial charge >= 0.3 is 0 Å². The number of nitrogens with zero attached hydrogens (tertiary/aromatic N) is 1. The van der Waals surface area contributed by atoms with Gasteiger partial charge in [-0.15, -0.1) is 11.8 Å². The summed E-state index contributed by atoms with van der Waals surface area (Å²) in [6.45, 7) is 0. The molecular weight excluding hydrogens is 238 g/mol. The van der Waals surface area contributed by atoms with Crippen molar-refractivity contribution >= 4 is 27.7 Å². The zero-order chi connectivity index (χ0) is 8.55. The molecule has 0 unspecified atom stereocenters. The summed E-state index contributed by atoms with van der Waals surface area (Å²) in [5.74, 6) is 1.82. The third-order valence-electron chi connectivity index (χ3n) is 1.79. The Morgan fingerprint density at radius 1 is 1.67 bits per heavy atom. The molecule has 64 valence electrons. The van der Waals surface area contributed by atoms with Crippen LogP contribution in [0.25, 0.3) is 0 Å². The van der Waals surface area contributed by atoms with Gasteiger partial charge in [-0.05, 0) is 34.0 Å². The van der Waals surface area contributed by atoms with Crippen LogP contribution in [-0.2, 0) is 6.42 Å². The number of aryl methyl sites for hydroxylation is 1. The smallest absolute Gasteiger partial charge is 0.228 e. The summed E-state index contributed by atoms with van der Waals surface area (Å²) in [5.41, 5.74) is 1.33. The fraction of sp³-hybridized carbons (Fsp3) is 0.375. The topological polar surface area (TPSA) is 22.1 Å². The molecule has 0 atom stereocenters. The van der Waals surface area contributed by atoms with E-state index in [9.17, 15) is 0 Å². The predicted molar refractivity (Wildman–Crippen MR) is 52.9 cm³/mol. The number of methoxy groups -OCH3 is 1. The van der Waals surface area contributed by atoms with Crippen molar-refractivity contribution in [3.63, 3.8) is 0 Å². The van der Waals surface area contributed by atoms with Gasteiger partial charge in [0.25, 0.3) is 0 Å². The Labute approximate surface area is 83.8 Å². The maximum absolute atomic E-state index is 5.10. The van der Waals surface area contributed by atoms with Gasteiger partial charge in [-0.1, -0.05) is 0 Å². The summed E-state index contributed by atoms with van der Waals surface area (Å²) < 4.78 is 6.05. The average Bonchev–Trinajstić information content (AvgIpc) is 2.49. The van der Waals surface area contributed by atoms with Gasteiger partial charge in [0.2, 0.25) is 5.88 Å². The molecule has 1 aliphatic rings. The maximum atomic E-state index is 5.10. The summed E-state index contributed by atoms with van der Waals surface area (Å²) >= 11 is 5.21. The van der Waals surface area contributed by atoms with Crippen LogP contribution in [0, 0.1) is 0 Å². The lowest BCUT2D eigenvalue weighted by Gasteiger charge is -2.03. The van der Waals surface area contributed by atoms with E-state index in [1.54, 1.807) is 18.9 Å². The summed E-state index contributed by atoms with van der Waals surface area (Å²) in [6, 6.07) is 2.10. The Morgan fingerprint density at radius 3 is 3.25 bits per heavy atom. The van der Waals surface area contributed by atoms with Gasteiger partial charge in [-0.3, -0.25) is 0 Å². The van der Waals surface area contributed by atoms with E-state index in [1.807, 2.05) is 0 Å². The van der Waals surface area contributed by atoms with Crippen molar-refractivity contribution in [2.45, 2.75) is 11.4 Å². The van der Waals surface area contributed by atoms with Crippen LogP contribution in [0.15, 0.2) is 15.6 Å². The number of ether oxygens (including phenoxy) is 1. The summed E-state index contributed by atoms with van der Waals surface area (Å²) in [7, 11) is 1.64. The Kier molecular flexibility index (Phi) is 2.28. The highest BCUT2D eigenvalue weighted by Gasteiger charge is 2.15. The number of halogens is 1. The largest absolute Gasteiger partial charge is 0.480 e. The Balaban J connectivity index is 2.49. The SMILES string of the molecule is COc1nc2c(cc1Br)CCS2. The van der Waals surface area contributed by atoms with Crippen molar-refractivity contribution in [2.24, 2.45) is 0 Å². The van der Waals surface area contributed by atoms with E-state index in [1.165, 1.54) is 5.56 Å². The number of hydrogen-bond donors (Lipinski definition) is 0. The van der Waals surface area contributed by atoms with Gasteiger partial charge in [-0.25, -0.2) is 4.98 Å². The van der Waals surface area contributed by atoms with Gasteiger partial charge in [-0.2, -0.15) is 0 Å². The van der Waals surface area contributed by atoms with Crippen LogP contribution >= 0.6 is 27.7 Å². The van der Waals surface area contributed by atoms with Gasteiger partial charge in [0, 0.05) is 5.75 Å². The number of thioether (sulfide) groups is 1. The van der Waals surface area contributed by atoms with Crippen LogP contribution in [-0.4, -0.2) is 17.8 Å². The van der Waals surface area contributed by atoms with E-state index in [0.29, 0.717) is 5.88 Å². The van der Waals surface area contributed by atoms with Crippen molar-refractivity contribution in [3.05, 3.63) is 16.1 Å². The van der Waals surface area contributed by atoms with Crippen molar-refractivity contribution in [3.8, 4) is 5.88 Å². The zero-order valence-corrected chi connectivity index (χ0v) is 9.04. The maximum Gasteiger partial charge on any atom is 0.228 e. The first-order valence-electron chi connectivity index (χ1n) is 3.67. The van der Waals surface area contributed by atoms with Gasteiger partial charge in [0.15, 0.2) is 0 Å². The third kappa shape index (κ3) is 1.33. The van der Waals surface area contributed by atoms with Gasteiger partial charge < -0.3 is 4.74 Å². The van der Waals surface area contributed by atoms with Crippen LogP contribution in [0.1, 0.15) is 5.56 Å². The first-order valence-corrected chi connectivity index (χ1v) is 5.45. The molecule has 2 rings (SSSR count). The molecular formula is C8H8BrNOS. The third-order valence-corrected chi connectivity index (χ3v) is 3.39. The minimum Gasteiger partial charge on any atom is -0.480 e. The highest BCUT2D eigenvalue weighted by molar-refractivity contribution is 9.10. The van der Waals surface area contributed by atoms with Crippen LogP contribution in [0.2, 0.25) is 0 Å². The molecule has 0 N–H and O–H groups in total. The highest BCUT2D eigenvalue weighted by atomic mass is 79.9. The normalized spacial score (nSPS) is 14.5. The molecule has 0 aromatic carbocycles. The number of aromatic nitrogens is 1. The van der Waals surface area contributed by atoms with E-state index < -0.39 is 0 Å².